The van der Waals surface area contributed by atoms with Gasteiger partial charge < -0.3 is 5.32 Å². The van der Waals surface area contributed by atoms with Crippen LogP contribution < -0.4 is 11.0 Å². The predicted molar refractivity (Wildman–Crippen MR) is 74.3 cm³/mol. The normalized spacial score (nSPS) is 22.6. The number of rotatable bonds is 4. The van der Waals surface area contributed by atoms with Crippen LogP contribution in [0.25, 0.3) is 0 Å². The number of carbonyl (C=O) groups is 1. The molecule has 1 saturated heterocycles. The number of hydrogen-bond donors (Lipinski definition) is 2. The third-order valence-corrected chi connectivity index (χ3v) is 5.98. The SMILES string of the molecule is C[C@@H](Sc1n[nH]c(=O)n1C)C(=O)N[C@H]1CCS(=O)(=O)C1. The van der Waals surface area contributed by atoms with Gasteiger partial charge in [0.2, 0.25) is 5.91 Å². The lowest BCUT2D eigenvalue weighted by molar-refractivity contribution is -0.120. The molecule has 1 aliphatic rings. The standard InChI is InChI=1S/C10H16N4O4S2/c1-6(19-10-13-12-9(16)14(10)2)8(15)11-7-3-4-20(17,18)5-7/h6-7H,3-5H2,1-2H3,(H,11,15)(H,12,16)/t6-,7+/m1/s1. The van der Waals surface area contributed by atoms with Crippen LogP contribution >= 0.6 is 11.8 Å². The fraction of sp³-hybridized carbons (Fsp3) is 0.700. The van der Waals surface area contributed by atoms with Crippen molar-refractivity contribution in [3.63, 3.8) is 0 Å². The van der Waals surface area contributed by atoms with Crippen molar-refractivity contribution in [3.05, 3.63) is 10.5 Å². The fourth-order valence-corrected chi connectivity index (χ4v) is 4.38. The molecular weight excluding hydrogens is 304 g/mol. The highest BCUT2D eigenvalue weighted by Gasteiger charge is 2.30. The summed E-state index contributed by atoms with van der Waals surface area (Å²) in [5.74, 6) is -0.141. The van der Waals surface area contributed by atoms with Crippen LogP contribution in [0.2, 0.25) is 0 Å². The Hall–Kier alpha value is -1.29. The lowest BCUT2D eigenvalue weighted by Crippen LogP contribution is -2.40. The Morgan fingerprint density at radius 1 is 1.60 bits per heavy atom. The fourth-order valence-electron chi connectivity index (χ4n) is 1.88. The second kappa shape index (κ2) is 5.60. The number of H-pyrrole nitrogens is 1. The summed E-state index contributed by atoms with van der Waals surface area (Å²) in [4.78, 5) is 23.2. The maximum absolute atomic E-state index is 12.0. The average Bonchev–Trinajstić information content (AvgIpc) is 2.85. The van der Waals surface area contributed by atoms with Crippen LogP contribution in [0.4, 0.5) is 0 Å². The van der Waals surface area contributed by atoms with Gasteiger partial charge in [0.25, 0.3) is 0 Å². The Kier molecular flexibility index (Phi) is 4.23. The smallest absolute Gasteiger partial charge is 0.343 e. The van der Waals surface area contributed by atoms with Gasteiger partial charge in [0, 0.05) is 13.1 Å². The third-order valence-electron chi connectivity index (χ3n) is 3.07. The van der Waals surface area contributed by atoms with Crippen molar-refractivity contribution < 1.29 is 13.2 Å². The van der Waals surface area contributed by atoms with E-state index in [1.807, 2.05) is 0 Å². The second-order valence-electron chi connectivity index (χ2n) is 4.74. The van der Waals surface area contributed by atoms with Crippen molar-refractivity contribution >= 4 is 27.5 Å². The molecule has 1 fully saturated rings. The van der Waals surface area contributed by atoms with Gasteiger partial charge in [0.15, 0.2) is 15.0 Å². The van der Waals surface area contributed by atoms with Crippen molar-refractivity contribution in [1.82, 2.24) is 20.1 Å². The number of hydrogen-bond acceptors (Lipinski definition) is 6. The summed E-state index contributed by atoms with van der Waals surface area (Å²) in [5, 5.41) is 8.76. The number of thioether (sulfide) groups is 1. The molecule has 0 bridgehead atoms. The zero-order valence-corrected chi connectivity index (χ0v) is 12.8. The van der Waals surface area contributed by atoms with Gasteiger partial charge in [-0.2, -0.15) is 0 Å². The van der Waals surface area contributed by atoms with E-state index in [2.05, 4.69) is 15.5 Å². The highest BCUT2D eigenvalue weighted by molar-refractivity contribution is 8.00. The van der Waals surface area contributed by atoms with E-state index in [4.69, 9.17) is 0 Å². The predicted octanol–water partition coefficient (Wildman–Crippen LogP) is -1.11. The van der Waals surface area contributed by atoms with Gasteiger partial charge in [-0.25, -0.2) is 18.3 Å². The van der Waals surface area contributed by atoms with Crippen molar-refractivity contribution in [1.29, 1.82) is 0 Å². The molecule has 2 heterocycles. The van der Waals surface area contributed by atoms with Crippen LogP contribution in [0.3, 0.4) is 0 Å². The molecule has 1 aliphatic heterocycles. The Morgan fingerprint density at radius 3 is 2.80 bits per heavy atom. The van der Waals surface area contributed by atoms with E-state index >= 15 is 0 Å². The molecule has 2 N–H and O–H groups in total. The molecule has 112 valence electrons. The van der Waals surface area contributed by atoms with Crippen molar-refractivity contribution in [2.24, 2.45) is 7.05 Å². The summed E-state index contributed by atoms with van der Waals surface area (Å²) in [5.41, 5.74) is -0.345. The molecule has 10 heteroatoms. The van der Waals surface area contributed by atoms with Crippen LogP contribution in [-0.2, 0) is 21.7 Å². The molecule has 0 radical (unpaired) electrons. The van der Waals surface area contributed by atoms with Gasteiger partial charge >= 0.3 is 5.69 Å². The van der Waals surface area contributed by atoms with Crippen LogP contribution in [0.15, 0.2) is 9.95 Å². The number of aromatic nitrogens is 3. The molecule has 1 amide bonds. The number of nitrogens with one attached hydrogen (secondary N) is 2. The summed E-state index contributed by atoms with van der Waals surface area (Å²) in [6.45, 7) is 1.68. The quantitative estimate of drug-likeness (QED) is 0.680. The van der Waals surface area contributed by atoms with E-state index in [0.29, 0.717) is 11.6 Å². The maximum Gasteiger partial charge on any atom is 0.343 e. The van der Waals surface area contributed by atoms with Gasteiger partial charge in [0.1, 0.15) is 0 Å². The molecule has 1 aromatic heterocycles. The molecule has 2 rings (SSSR count). The van der Waals surface area contributed by atoms with Crippen molar-refractivity contribution in [3.8, 4) is 0 Å². The minimum Gasteiger partial charge on any atom is -0.351 e. The number of carbonyl (C=O) groups excluding carboxylic acids is 1. The molecule has 20 heavy (non-hydrogen) atoms. The second-order valence-corrected chi connectivity index (χ2v) is 8.28. The van der Waals surface area contributed by atoms with E-state index in [9.17, 15) is 18.0 Å². The molecule has 8 nitrogen and oxygen atoms in total. The zero-order valence-electron chi connectivity index (χ0n) is 11.1. The molecule has 1 aromatic rings. The van der Waals surface area contributed by atoms with Gasteiger partial charge in [-0.15, -0.1) is 5.10 Å². The van der Waals surface area contributed by atoms with Gasteiger partial charge in [-0.1, -0.05) is 11.8 Å². The van der Waals surface area contributed by atoms with Gasteiger partial charge in [-0.3, -0.25) is 9.36 Å². The molecule has 0 aromatic carbocycles. The average molecular weight is 320 g/mol. The monoisotopic (exact) mass is 320 g/mol. The Labute approximate surface area is 120 Å². The number of amides is 1. The zero-order chi connectivity index (χ0) is 14.9. The summed E-state index contributed by atoms with van der Waals surface area (Å²) in [6.07, 6.45) is 0.451. The Morgan fingerprint density at radius 2 is 2.30 bits per heavy atom. The Balaban J connectivity index is 1.93. The summed E-state index contributed by atoms with van der Waals surface area (Å²) in [7, 11) is -1.46. The number of aromatic amines is 1. The number of sulfone groups is 1. The third kappa shape index (κ3) is 3.42. The lowest BCUT2D eigenvalue weighted by atomic mass is 10.2. The van der Waals surface area contributed by atoms with E-state index in [1.54, 1.807) is 14.0 Å². The Bertz CT molecular complexity index is 663. The lowest BCUT2D eigenvalue weighted by Gasteiger charge is -2.14. The first-order chi connectivity index (χ1) is 9.28. The van der Waals surface area contributed by atoms with E-state index in [-0.39, 0.29) is 29.1 Å². The van der Waals surface area contributed by atoms with Crippen LogP contribution in [-0.4, -0.2) is 51.9 Å². The maximum atomic E-state index is 12.0. The molecule has 0 saturated carbocycles. The minimum absolute atomic E-state index is 0.00296. The molecular formula is C10H16N4O4S2. The molecule has 2 atom stereocenters. The largest absolute Gasteiger partial charge is 0.351 e. The summed E-state index contributed by atoms with van der Waals surface area (Å²) >= 11 is 1.14. The van der Waals surface area contributed by atoms with Crippen LogP contribution in [0.1, 0.15) is 13.3 Å². The van der Waals surface area contributed by atoms with Crippen molar-refractivity contribution in [2.75, 3.05) is 11.5 Å². The van der Waals surface area contributed by atoms with Crippen LogP contribution in [0.5, 0.6) is 0 Å². The minimum atomic E-state index is -3.01. The topological polar surface area (TPSA) is 114 Å². The van der Waals surface area contributed by atoms with Gasteiger partial charge in [0.05, 0.1) is 16.8 Å². The first-order valence-electron chi connectivity index (χ1n) is 6.07. The van der Waals surface area contributed by atoms with E-state index < -0.39 is 15.1 Å². The summed E-state index contributed by atoms with van der Waals surface area (Å²) in [6, 6.07) is -0.321. The van der Waals surface area contributed by atoms with E-state index in [0.717, 1.165) is 11.8 Å². The van der Waals surface area contributed by atoms with Crippen molar-refractivity contribution in [2.45, 2.75) is 29.8 Å². The highest BCUT2D eigenvalue weighted by atomic mass is 32.2. The van der Waals surface area contributed by atoms with Gasteiger partial charge in [-0.05, 0) is 13.3 Å². The van der Waals surface area contributed by atoms with Crippen LogP contribution in [0, 0.1) is 0 Å². The van der Waals surface area contributed by atoms with E-state index in [1.165, 1.54) is 4.57 Å². The first-order valence-corrected chi connectivity index (χ1v) is 8.77. The summed E-state index contributed by atoms with van der Waals surface area (Å²) < 4.78 is 24.0. The number of nitrogens with zero attached hydrogens (tertiary/aromatic N) is 2. The molecule has 0 spiro atoms. The molecule has 0 unspecified atom stereocenters. The first kappa shape index (κ1) is 15.1. The highest BCUT2D eigenvalue weighted by Crippen LogP contribution is 2.20. The molecule has 0 aliphatic carbocycles.